The Hall–Kier alpha value is -3.65. The predicted molar refractivity (Wildman–Crippen MR) is 120 cm³/mol. The number of aromatic nitrogens is 2. The minimum absolute atomic E-state index is 0.183. The third-order valence-electron chi connectivity index (χ3n) is 5.68. The summed E-state index contributed by atoms with van der Waals surface area (Å²) in [5, 5.41) is 2.91. The van der Waals surface area contributed by atoms with Crippen LogP contribution in [0.4, 0.5) is 5.82 Å². The highest BCUT2D eigenvalue weighted by molar-refractivity contribution is 5.92. The van der Waals surface area contributed by atoms with Crippen LogP contribution in [0.15, 0.2) is 60.9 Å². The number of piperazine rings is 1. The molecule has 32 heavy (non-hydrogen) atoms. The van der Waals surface area contributed by atoms with Crippen molar-refractivity contribution >= 4 is 11.7 Å². The summed E-state index contributed by atoms with van der Waals surface area (Å²) in [5.74, 6) is 2.29. The van der Waals surface area contributed by atoms with Gasteiger partial charge in [0, 0.05) is 51.7 Å². The van der Waals surface area contributed by atoms with E-state index in [9.17, 15) is 4.79 Å². The zero-order valence-electron chi connectivity index (χ0n) is 17.7. The fraction of sp³-hybridized carbons (Fsp3) is 0.292. The second-order valence-electron chi connectivity index (χ2n) is 7.88. The van der Waals surface area contributed by atoms with Crippen molar-refractivity contribution in [3.63, 3.8) is 0 Å². The van der Waals surface area contributed by atoms with E-state index in [0.717, 1.165) is 55.6 Å². The van der Waals surface area contributed by atoms with E-state index in [4.69, 9.17) is 9.47 Å². The number of hydrogen-bond acceptors (Lipinski definition) is 7. The molecule has 2 aliphatic heterocycles. The molecule has 2 aliphatic rings. The monoisotopic (exact) mass is 431 g/mol. The zero-order chi connectivity index (χ0) is 21.8. The Morgan fingerprint density at radius 3 is 2.69 bits per heavy atom. The van der Waals surface area contributed by atoms with E-state index in [0.29, 0.717) is 19.0 Å². The standard InChI is InChI=1S/C24H25N5O3/c30-24(26-15-19-3-2-8-25-14-19)20-4-1-5-23(27-20)29-11-9-28(10-12-29)16-18-6-7-21-22(13-18)32-17-31-21/h1-8,13-14H,9-12,15-17H2,(H,26,30). The van der Waals surface area contributed by atoms with Crippen LogP contribution in [0, 0.1) is 0 Å². The van der Waals surface area contributed by atoms with Gasteiger partial charge in [0.1, 0.15) is 11.5 Å². The molecule has 0 unspecified atom stereocenters. The van der Waals surface area contributed by atoms with Crippen LogP contribution < -0.4 is 19.7 Å². The Morgan fingerprint density at radius 2 is 1.84 bits per heavy atom. The molecule has 0 atom stereocenters. The van der Waals surface area contributed by atoms with Crippen molar-refractivity contribution < 1.29 is 14.3 Å². The van der Waals surface area contributed by atoms with Crippen LogP contribution in [-0.2, 0) is 13.1 Å². The summed E-state index contributed by atoms with van der Waals surface area (Å²) in [4.78, 5) is 25.9. The molecule has 0 saturated carbocycles. The summed E-state index contributed by atoms with van der Waals surface area (Å²) in [6, 6.07) is 15.5. The molecule has 0 bridgehead atoms. The Kier molecular flexibility index (Phi) is 5.85. The molecule has 1 N–H and O–H groups in total. The summed E-state index contributed by atoms with van der Waals surface area (Å²) in [7, 11) is 0. The van der Waals surface area contributed by atoms with E-state index >= 15 is 0 Å². The van der Waals surface area contributed by atoms with Crippen molar-refractivity contribution in [3.05, 3.63) is 77.7 Å². The number of amides is 1. The first-order valence-electron chi connectivity index (χ1n) is 10.7. The number of rotatable bonds is 6. The van der Waals surface area contributed by atoms with Crippen LogP contribution in [0.2, 0.25) is 0 Å². The third-order valence-corrected chi connectivity index (χ3v) is 5.68. The topological polar surface area (TPSA) is 79.8 Å². The van der Waals surface area contributed by atoms with Gasteiger partial charge in [-0.2, -0.15) is 0 Å². The van der Waals surface area contributed by atoms with Gasteiger partial charge in [0.25, 0.3) is 5.91 Å². The number of ether oxygens (including phenoxy) is 2. The van der Waals surface area contributed by atoms with Crippen molar-refractivity contribution in [2.24, 2.45) is 0 Å². The minimum Gasteiger partial charge on any atom is -0.454 e. The first-order valence-corrected chi connectivity index (χ1v) is 10.7. The van der Waals surface area contributed by atoms with Gasteiger partial charge in [-0.25, -0.2) is 4.98 Å². The van der Waals surface area contributed by atoms with Gasteiger partial charge in [0.15, 0.2) is 11.5 Å². The molecule has 0 aliphatic carbocycles. The SMILES string of the molecule is O=C(NCc1cccnc1)c1cccc(N2CCN(Cc3ccc4c(c3)OCO4)CC2)n1. The molecule has 1 amide bonds. The Labute approximate surface area is 186 Å². The number of hydrogen-bond donors (Lipinski definition) is 1. The van der Waals surface area contributed by atoms with Gasteiger partial charge in [-0.15, -0.1) is 0 Å². The fourth-order valence-electron chi connectivity index (χ4n) is 3.93. The molecule has 0 spiro atoms. The number of pyridine rings is 2. The van der Waals surface area contributed by atoms with E-state index in [1.54, 1.807) is 18.5 Å². The molecule has 1 aromatic carbocycles. The highest BCUT2D eigenvalue weighted by Gasteiger charge is 2.20. The van der Waals surface area contributed by atoms with Gasteiger partial charge in [0.2, 0.25) is 6.79 Å². The molecule has 5 rings (SSSR count). The minimum atomic E-state index is -0.183. The summed E-state index contributed by atoms with van der Waals surface area (Å²) in [6.45, 7) is 5.16. The number of anilines is 1. The molecule has 0 radical (unpaired) electrons. The molecule has 8 nitrogen and oxygen atoms in total. The number of fused-ring (bicyclic) bond motifs is 1. The van der Waals surface area contributed by atoms with Crippen LogP contribution in [-0.4, -0.2) is 53.7 Å². The summed E-state index contributed by atoms with van der Waals surface area (Å²) >= 11 is 0. The van der Waals surface area contributed by atoms with Crippen LogP contribution >= 0.6 is 0 Å². The second kappa shape index (κ2) is 9.23. The van der Waals surface area contributed by atoms with Crippen LogP contribution in [0.1, 0.15) is 21.6 Å². The van der Waals surface area contributed by atoms with Gasteiger partial charge in [-0.3, -0.25) is 14.7 Å². The van der Waals surface area contributed by atoms with Crippen molar-refractivity contribution in [1.29, 1.82) is 0 Å². The van der Waals surface area contributed by atoms with Crippen LogP contribution in [0.5, 0.6) is 11.5 Å². The number of carbonyl (C=O) groups excluding carboxylic acids is 1. The maximum Gasteiger partial charge on any atom is 0.270 e. The normalized spacial score (nSPS) is 15.6. The molecular formula is C24H25N5O3. The van der Waals surface area contributed by atoms with E-state index in [1.807, 2.05) is 30.3 Å². The molecule has 164 valence electrons. The lowest BCUT2D eigenvalue weighted by atomic mass is 10.1. The lowest BCUT2D eigenvalue weighted by molar-refractivity contribution is 0.0946. The first kappa shape index (κ1) is 20.3. The van der Waals surface area contributed by atoms with E-state index in [1.165, 1.54) is 5.56 Å². The van der Waals surface area contributed by atoms with E-state index in [2.05, 4.69) is 37.2 Å². The smallest absolute Gasteiger partial charge is 0.270 e. The Morgan fingerprint density at radius 1 is 0.969 bits per heavy atom. The average Bonchev–Trinajstić information content (AvgIpc) is 3.32. The van der Waals surface area contributed by atoms with Crippen molar-refractivity contribution in [1.82, 2.24) is 20.2 Å². The predicted octanol–water partition coefficient (Wildman–Crippen LogP) is 2.46. The molecule has 3 aromatic rings. The van der Waals surface area contributed by atoms with Crippen molar-refractivity contribution in [3.8, 4) is 11.5 Å². The van der Waals surface area contributed by atoms with E-state index < -0.39 is 0 Å². The summed E-state index contributed by atoms with van der Waals surface area (Å²) in [5.41, 5.74) is 2.60. The molecular weight excluding hydrogens is 406 g/mol. The van der Waals surface area contributed by atoms with Crippen LogP contribution in [0.3, 0.4) is 0 Å². The van der Waals surface area contributed by atoms with Crippen LogP contribution in [0.25, 0.3) is 0 Å². The molecule has 2 aromatic heterocycles. The Bertz CT molecular complexity index is 1080. The molecule has 1 fully saturated rings. The fourth-order valence-corrected chi connectivity index (χ4v) is 3.93. The van der Waals surface area contributed by atoms with Gasteiger partial charge >= 0.3 is 0 Å². The summed E-state index contributed by atoms with van der Waals surface area (Å²) in [6.07, 6.45) is 3.46. The second-order valence-corrected chi connectivity index (χ2v) is 7.88. The maximum atomic E-state index is 12.5. The molecule has 1 saturated heterocycles. The molecule has 8 heteroatoms. The molecule has 4 heterocycles. The number of nitrogens with zero attached hydrogens (tertiary/aromatic N) is 4. The van der Waals surface area contributed by atoms with Gasteiger partial charge < -0.3 is 19.7 Å². The number of carbonyl (C=O) groups is 1. The van der Waals surface area contributed by atoms with Gasteiger partial charge in [0.05, 0.1) is 0 Å². The third kappa shape index (κ3) is 4.65. The van der Waals surface area contributed by atoms with Crippen molar-refractivity contribution in [2.45, 2.75) is 13.1 Å². The Balaban J connectivity index is 1.15. The highest BCUT2D eigenvalue weighted by atomic mass is 16.7. The lowest BCUT2D eigenvalue weighted by Crippen LogP contribution is -2.46. The first-order chi connectivity index (χ1) is 15.7. The highest BCUT2D eigenvalue weighted by Crippen LogP contribution is 2.32. The quantitative estimate of drug-likeness (QED) is 0.642. The summed E-state index contributed by atoms with van der Waals surface area (Å²) < 4.78 is 10.9. The van der Waals surface area contributed by atoms with Gasteiger partial charge in [-0.05, 0) is 41.5 Å². The number of benzene rings is 1. The lowest BCUT2D eigenvalue weighted by Gasteiger charge is -2.35. The van der Waals surface area contributed by atoms with Crippen molar-refractivity contribution in [2.75, 3.05) is 37.9 Å². The largest absolute Gasteiger partial charge is 0.454 e. The maximum absolute atomic E-state index is 12.5. The van der Waals surface area contributed by atoms with Gasteiger partial charge in [-0.1, -0.05) is 18.2 Å². The average molecular weight is 431 g/mol. The van der Waals surface area contributed by atoms with E-state index in [-0.39, 0.29) is 5.91 Å². The number of nitrogens with one attached hydrogen (secondary N) is 1. The zero-order valence-corrected chi connectivity index (χ0v) is 17.7.